The van der Waals surface area contributed by atoms with Crippen molar-refractivity contribution in [3.8, 4) is 0 Å². The Hall–Kier alpha value is -3.02. The number of benzene rings is 1. The van der Waals surface area contributed by atoms with Crippen molar-refractivity contribution in [1.29, 1.82) is 0 Å². The summed E-state index contributed by atoms with van der Waals surface area (Å²) in [5.74, 6) is -1.80. The Morgan fingerprint density at radius 2 is 1.00 bits per heavy atom. The molecule has 0 heterocycles. The lowest BCUT2D eigenvalue weighted by Gasteiger charge is -2.32. The van der Waals surface area contributed by atoms with Gasteiger partial charge in [0.15, 0.2) is 0 Å². The number of esters is 4. The number of carbonyl (C=O) groups excluding carboxylic acids is 4. The fourth-order valence-corrected chi connectivity index (χ4v) is 4.84. The number of hydrogen-bond donors (Lipinski definition) is 0. The highest BCUT2D eigenvalue weighted by molar-refractivity contribution is 6.03. The third kappa shape index (κ3) is 13.9. The first-order valence-corrected chi connectivity index (χ1v) is 16.7. The van der Waals surface area contributed by atoms with Gasteiger partial charge >= 0.3 is 23.9 Å². The molecular formula is C36H58O11. The van der Waals surface area contributed by atoms with Crippen LogP contribution in [0.1, 0.15) is 95.4 Å². The van der Waals surface area contributed by atoms with Crippen LogP contribution in [0.5, 0.6) is 0 Å². The van der Waals surface area contributed by atoms with Gasteiger partial charge in [0.1, 0.15) is 19.8 Å². The molecule has 0 saturated carbocycles. The van der Waals surface area contributed by atoms with Gasteiger partial charge in [0, 0.05) is 6.61 Å². The zero-order valence-corrected chi connectivity index (χ0v) is 30.0. The first-order valence-electron chi connectivity index (χ1n) is 16.7. The second-order valence-corrected chi connectivity index (χ2v) is 12.8. The molecule has 11 nitrogen and oxygen atoms in total. The smallest absolute Gasteiger partial charge is 0.339 e. The molecule has 268 valence electrons. The molecule has 3 unspecified atom stereocenters. The molecule has 0 aliphatic carbocycles. The summed E-state index contributed by atoms with van der Waals surface area (Å²) in [6, 6.07) is 6.24. The second kappa shape index (κ2) is 21.8. The van der Waals surface area contributed by atoms with Crippen LogP contribution < -0.4 is 0 Å². The summed E-state index contributed by atoms with van der Waals surface area (Å²) in [4.78, 5) is 50.3. The van der Waals surface area contributed by atoms with Crippen LogP contribution in [0.4, 0.5) is 0 Å². The molecule has 3 atom stereocenters. The van der Waals surface area contributed by atoms with E-state index in [1.165, 1.54) is 19.2 Å². The van der Waals surface area contributed by atoms with Crippen molar-refractivity contribution in [1.82, 2.24) is 0 Å². The third-order valence-corrected chi connectivity index (χ3v) is 8.75. The molecule has 0 aromatic heterocycles. The number of methoxy groups -OCH3 is 1. The van der Waals surface area contributed by atoms with Gasteiger partial charge in [0.25, 0.3) is 0 Å². The molecule has 1 rings (SSSR count). The fourth-order valence-electron chi connectivity index (χ4n) is 4.84. The van der Waals surface area contributed by atoms with Crippen LogP contribution in [-0.4, -0.2) is 90.4 Å². The Balaban J connectivity index is 2.45. The quantitative estimate of drug-likeness (QED) is 0.0740. The van der Waals surface area contributed by atoms with Crippen LogP contribution in [0, 0.1) is 28.6 Å². The van der Waals surface area contributed by atoms with E-state index in [0.717, 1.165) is 12.8 Å². The molecule has 0 aliphatic rings. The van der Waals surface area contributed by atoms with E-state index in [2.05, 4.69) is 13.8 Å². The van der Waals surface area contributed by atoms with E-state index in [0.29, 0.717) is 38.8 Å². The van der Waals surface area contributed by atoms with Crippen molar-refractivity contribution in [2.45, 2.75) is 74.7 Å². The van der Waals surface area contributed by atoms with Crippen molar-refractivity contribution in [3.05, 3.63) is 35.4 Å². The minimum absolute atomic E-state index is 0.0326. The fraction of sp³-hybridized carbons (Fsp3) is 0.722. The van der Waals surface area contributed by atoms with E-state index in [1.54, 1.807) is 26.0 Å². The van der Waals surface area contributed by atoms with Crippen LogP contribution >= 0.6 is 0 Å². The standard InChI is InChI=1S/C36H58O11/c1-10-26(4)23-42-17-18-43-24-27(11-2)35(5,6)33(39)46-21-22-47-34(40)36(7,8)28(12-3)25-44-19-20-45-32(38)30-16-14-13-15-29(30)31(37)41-9/h13-16,26-28H,10-12,17-25H2,1-9H3. The number of hydrogen-bond acceptors (Lipinski definition) is 11. The van der Waals surface area contributed by atoms with Gasteiger partial charge in [-0.15, -0.1) is 0 Å². The molecule has 0 radical (unpaired) electrons. The predicted octanol–water partition coefficient (Wildman–Crippen LogP) is 5.92. The maximum Gasteiger partial charge on any atom is 0.339 e. The molecule has 11 heteroatoms. The summed E-state index contributed by atoms with van der Waals surface area (Å²) in [6.07, 6.45) is 2.45. The lowest BCUT2D eigenvalue weighted by atomic mass is 9.77. The van der Waals surface area contributed by atoms with E-state index >= 15 is 0 Å². The average Bonchev–Trinajstić information content (AvgIpc) is 3.06. The van der Waals surface area contributed by atoms with Gasteiger partial charge in [-0.1, -0.05) is 59.1 Å². The van der Waals surface area contributed by atoms with E-state index in [-0.39, 0.29) is 62.0 Å². The zero-order chi connectivity index (χ0) is 35.5. The highest BCUT2D eigenvalue weighted by atomic mass is 16.6. The van der Waals surface area contributed by atoms with Gasteiger partial charge in [0.05, 0.1) is 62.1 Å². The maximum absolute atomic E-state index is 13.0. The van der Waals surface area contributed by atoms with E-state index in [9.17, 15) is 19.2 Å². The summed E-state index contributed by atoms with van der Waals surface area (Å²) in [6.45, 7) is 17.8. The third-order valence-electron chi connectivity index (χ3n) is 8.75. The minimum atomic E-state index is -0.878. The molecule has 0 saturated heterocycles. The first kappa shape index (κ1) is 42.0. The van der Waals surface area contributed by atoms with Crippen LogP contribution in [0.2, 0.25) is 0 Å². The first-order chi connectivity index (χ1) is 22.3. The van der Waals surface area contributed by atoms with Crippen LogP contribution in [0.3, 0.4) is 0 Å². The summed E-state index contributed by atoms with van der Waals surface area (Å²) in [5, 5.41) is 0. The summed E-state index contributed by atoms with van der Waals surface area (Å²) in [5.41, 5.74) is -1.43. The molecule has 0 bridgehead atoms. The molecule has 0 aliphatic heterocycles. The lowest BCUT2D eigenvalue weighted by molar-refractivity contribution is -0.168. The Bertz CT molecular complexity index is 1100. The minimum Gasteiger partial charge on any atom is -0.465 e. The van der Waals surface area contributed by atoms with Gasteiger partial charge in [-0.25, -0.2) is 9.59 Å². The average molecular weight is 667 g/mol. The molecule has 47 heavy (non-hydrogen) atoms. The predicted molar refractivity (Wildman–Crippen MR) is 177 cm³/mol. The topological polar surface area (TPSA) is 133 Å². The van der Waals surface area contributed by atoms with E-state index < -0.39 is 28.7 Å². The van der Waals surface area contributed by atoms with Crippen LogP contribution in [-0.2, 0) is 42.7 Å². The van der Waals surface area contributed by atoms with Crippen molar-refractivity contribution in [2.75, 3.05) is 66.6 Å². The number of rotatable bonds is 24. The Morgan fingerprint density at radius 3 is 1.43 bits per heavy atom. The molecule has 1 aromatic rings. The number of ether oxygens (including phenoxy) is 7. The normalized spacial score (nSPS) is 13.7. The van der Waals surface area contributed by atoms with Crippen molar-refractivity contribution in [2.24, 2.45) is 28.6 Å². The number of carbonyl (C=O) groups is 4. The Kier molecular flexibility index (Phi) is 19.5. The monoisotopic (exact) mass is 666 g/mol. The van der Waals surface area contributed by atoms with Gasteiger partial charge in [-0.2, -0.15) is 0 Å². The molecule has 0 amide bonds. The van der Waals surface area contributed by atoms with Gasteiger partial charge < -0.3 is 33.2 Å². The molecular weight excluding hydrogens is 608 g/mol. The van der Waals surface area contributed by atoms with Crippen molar-refractivity contribution >= 4 is 23.9 Å². The summed E-state index contributed by atoms with van der Waals surface area (Å²) < 4.78 is 38.2. The summed E-state index contributed by atoms with van der Waals surface area (Å²) >= 11 is 0. The zero-order valence-electron chi connectivity index (χ0n) is 30.0. The maximum atomic E-state index is 13.0. The second-order valence-electron chi connectivity index (χ2n) is 12.8. The van der Waals surface area contributed by atoms with Gasteiger partial charge in [-0.3, -0.25) is 9.59 Å². The highest BCUT2D eigenvalue weighted by Crippen LogP contribution is 2.32. The summed E-state index contributed by atoms with van der Waals surface area (Å²) in [7, 11) is 1.24. The lowest BCUT2D eigenvalue weighted by Crippen LogP contribution is -2.39. The highest BCUT2D eigenvalue weighted by Gasteiger charge is 2.39. The largest absolute Gasteiger partial charge is 0.465 e. The molecule has 0 N–H and O–H groups in total. The van der Waals surface area contributed by atoms with Crippen LogP contribution in [0.25, 0.3) is 0 Å². The SMILES string of the molecule is CCC(C)COCCOCC(CC)C(C)(C)C(=O)OCCOC(=O)C(C)(C)C(CC)COCCOC(=O)c1ccccc1C(=O)OC. The Morgan fingerprint density at radius 1 is 0.596 bits per heavy atom. The van der Waals surface area contributed by atoms with E-state index in [4.69, 9.17) is 33.2 Å². The Labute approximate surface area is 281 Å². The van der Waals surface area contributed by atoms with Gasteiger partial charge in [0.2, 0.25) is 0 Å². The van der Waals surface area contributed by atoms with Crippen LogP contribution in [0.15, 0.2) is 24.3 Å². The molecule has 0 spiro atoms. The van der Waals surface area contributed by atoms with Crippen molar-refractivity contribution < 1.29 is 52.3 Å². The van der Waals surface area contributed by atoms with Gasteiger partial charge in [-0.05, 0) is 57.6 Å². The molecule has 1 aromatic carbocycles. The molecule has 0 fully saturated rings. The van der Waals surface area contributed by atoms with E-state index in [1.807, 2.05) is 27.7 Å². The van der Waals surface area contributed by atoms with Crippen molar-refractivity contribution in [3.63, 3.8) is 0 Å².